The first-order chi connectivity index (χ1) is 9.17. The van der Waals surface area contributed by atoms with E-state index in [2.05, 4.69) is 16.7 Å². The van der Waals surface area contributed by atoms with Crippen LogP contribution in [0.2, 0.25) is 0 Å². The molecule has 0 saturated carbocycles. The summed E-state index contributed by atoms with van der Waals surface area (Å²) in [6.07, 6.45) is 5.54. The number of urea groups is 1. The lowest BCUT2D eigenvalue weighted by molar-refractivity contribution is 0.229. The van der Waals surface area contributed by atoms with Crippen LogP contribution >= 0.6 is 11.3 Å². The molecular weight excluding hydrogens is 260 g/mol. The van der Waals surface area contributed by atoms with Crippen LogP contribution in [0.5, 0.6) is 0 Å². The van der Waals surface area contributed by atoms with Gasteiger partial charge in [0.25, 0.3) is 0 Å². The summed E-state index contributed by atoms with van der Waals surface area (Å²) in [4.78, 5) is 13.1. The van der Waals surface area contributed by atoms with Gasteiger partial charge in [0.05, 0.1) is 0 Å². The molecule has 0 aliphatic heterocycles. The molecule has 2 rings (SSSR count). The molecule has 3 N–H and O–H groups in total. The van der Waals surface area contributed by atoms with Gasteiger partial charge in [-0.2, -0.15) is 0 Å². The molecule has 1 aliphatic carbocycles. The van der Waals surface area contributed by atoms with Crippen molar-refractivity contribution in [3.05, 3.63) is 34.5 Å². The van der Waals surface area contributed by atoms with E-state index in [9.17, 15) is 4.79 Å². The van der Waals surface area contributed by atoms with E-state index in [-0.39, 0.29) is 30.6 Å². The van der Waals surface area contributed by atoms with Crippen LogP contribution in [-0.4, -0.2) is 29.8 Å². The second-order valence-corrected chi connectivity index (χ2v) is 6.00. The molecule has 1 heterocycles. The Hall–Kier alpha value is -1.33. The van der Waals surface area contributed by atoms with E-state index in [1.54, 1.807) is 11.3 Å². The maximum absolute atomic E-state index is 11.8. The predicted octanol–water partition coefficient (Wildman–Crippen LogP) is 1.92. The molecule has 3 atom stereocenters. The van der Waals surface area contributed by atoms with Crippen molar-refractivity contribution in [3.8, 4) is 0 Å². The molecule has 0 spiro atoms. The Bertz CT molecular complexity index is 431. The van der Waals surface area contributed by atoms with Crippen molar-refractivity contribution in [1.82, 2.24) is 10.6 Å². The van der Waals surface area contributed by atoms with Gasteiger partial charge in [0.15, 0.2) is 0 Å². The fraction of sp³-hybridized carbons (Fsp3) is 0.500. The molecule has 1 unspecified atom stereocenters. The maximum Gasteiger partial charge on any atom is 0.315 e. The summed E-state index contributed by atoms with van der Waals surface area (Å²) in [6.45, 7) is 2.14. The minimum Gasteiger partial charge on any atom is -0.396 e. The standard InChI is InChI=1S/C14H20N2O2S/c1-10(7-13-3-2-6-19-13)15-14(18)16-12-5-4-11(8-12)9-17/h2-6,10-12,17H,7-9H2,1H3,(H2,15,16,18)/t10?,11-,12+/m0/s1. The average Bonchev–Trinajstić information content (AvgIpc) is 3.00. The smallest absolute Gasteiger partial charge is 0.315 e. The number of hydrogen-bond acceptors (Lipinski definition) is 3. The third kappa shape index (κ3) is 4.36. The van der Waals surface area contributed by atoms with Crippen molar-refractivity contribution in [1.29, 1.82) is 0 Å². The summed E-state index contributed by atoms with van der Waals surface area (Å²) in [5.74, 6) is 0.175. The first-order valence-electron chi connectivity index (χ1n) is 6.56. The van der Waals surface area contributed by atoms with Gasteiger partial charge < -0.3 is 15.7 Å². The number of rotatable bonds is 5. The van der Waals surface area contributed by atoms with Crippen molar-refractivity contribution in [3.63, 3.8) is 0 Å². The van der Waals surface area contributed by atoms with Crippen molar-refractivity contribution in [2.75, 3.05) is 6.61 Å². The van der Waals surface area contributed by atoms with Crippen molar-refractivity contribution < 1.29 is 9.90 Å². The fourth-order valence-electron chi connectivity index (χ4n) is 2.23. The van der Waals surface area contributed by atoms with Gasteiger partial charge in [0.1, 0.15) is 0 Å². The highest BCUT2D eigenvalue weighted by Crippen LogP contribution is 2.16. The lowest BCUT2D eigenvalue weighted by Gasteiger charge is -2.17. The highest BCUT2D eigenvalue weighted by molar-refractivity contribution is 7.09. The Morgan fingerprint density at radius 3 is 3.05 bits per heavy atom. The number of carbonyl (C=O) groups is 1. The summed E-state index contributed by atoms with van der Waals surface area (Å²) in [5, 5.41) is 16.9. The fourth-order valence-corrected chi connectivity index (χ4v) is 3.07. The molecule has 0 saturated heterocycles. The second kappa shape index (κ2) is 6.73. The summed E-state index contributed by atoms with van der Waals surface area (Å²) in [6, 6.07) is 4.10. The summed E-state index contributed by atoms with van der Waals surface area (Å²) >= 11 is 1.70. The zero-order valence-corrected chi connectivity index (χ0v) is 11.8. The maximum atomic E-state index is 11.8. The number of carbonyl (C=O) groups excluding carboxylic acids is 1. The first kappa shape index (κ1) is 14.1. The topological polar surface area (TPSA) is 61.4 Å². The molecule has 1 aromatic heterocycles. The normalized spacial score (nSPS) is 23.3. The minimum atomic E-state index is -0.141. The molecule has 19 heavy (non-hydrogen) atoms. The zero-order valence-electron chi connectivity index (χ0n) is 11.0. The van der Waals surface area contributed by atoms with Gasteiger partial charge in [-0.1, -0.05) is 18.2 Å². The van der Waals surface area contributed by atoms with Crippen LogP contribution < -0.4 is 10.6 Å². The predicted molar refractivity (Wildman–Crippen MR) is 77.3 cm³/mol. The molecule has 0 radical (unpaired) electrons. The Morgan fingerprint density at radius 2 is 2.42 bits per heavy atom. The third-order valence-corrected chi connectivity index (χ3v) is 4.09. The molecule has 0 bridgehead atoms. The van der Waals surface area contributed by atoms with Crippen LogP contribution in [0, 0.1) is 5.92 Å². The first-order valence-corrected chi connectivity index (χ1v) is 7.44. The van der Waals surface area contributed by atoms with Crippen molar-refractivity contribution in [2.45, 2.75) is 31.8 Å². The van der Waals surface area contributed by atoms with Crippen molar-refractivity contribution in [2.24, 2.45) is 5.92 Å². The molecule has 1 aliphatic rings. The highest BCUT2D eigenvalue weighted by atomic mass is 32.1. The number of amides is 2. The van der Waals surface area contributed by atoms with E-state index in [1.807, 2.05) is 30.5 Å². The van der Waals surface area contributed by atoms with E-state index in [4.69, 9.17) is 5.11 Å². The molecule has 104 valence electrons. The van der Waals surface area contributed by atoms with Gasteiger partial charge in [0, 0.05) is 35.9 Å². The number of aliphatic hydroxyl groups excluding tert-OH is 1. The second-order valence-electron chi connectivity index (χ2n) is 4.97. The van der Waals surface area contributed by atoms with E-state index >= 15 is 0 Å². The van der Waals surface area contributed by atoms with Gasteiger partial charge in [-0.25, -0.2) is 4.79 Å². The Kier molecular flexibility index (Phi) is 4.99. The number of thiophene rings is 1. The minimum absolute atomic E-state index is 0.0334. The van der Waals surface area contributed by atoms with Crippen LogP contribution in [0.15, 0.2) is 29.7 Å². The van der Waals surface area contributed by atoms with E-state index in [0.717, 1.165) is 12.8 Å². The van der Waals surface area contributed by atoms with E-state index < -0.39 is 0 Å². The van der Waals surface area contributed by atoms with Crippen LogP contribution in [0.3, 0.4) is 0 Å². The van der Waals surface area contributed by atoms with Crippen LogP contribution in [0.1, 0.15) is 18.2 Å². The van der Waals surface area contributed by atoms with Crippen LogP contribution in [-0.2, 0) is 6.42 Å². The SMILES string of the molecule is CC(Cc1cccs1)NC(=O)N[C@@H]1C=C[C@H](CO)C1. The van der Waals surface area contributed by atoms with Gasteiger partial charge in [-0.3, -0.25) is 0 Å². The third-order valence-electron chi connectivity index (χ3n) is 3.19. The zero-order chi connectivity index (χ0) is 13.7. The van der Waals surface area contributed by atoms with E-state index in [1.165, 1.54) is 4.88 Å². The number of hydrogen-bond donors (Lipinski definition) is 3. The molecule has 5 heteroatoms. The van der Waals surface area contributed by atoms with E-state index in [0.29, 0.717) is 0 Å². The van der Waals surface area contributed by atoms with Gasteiger partial charge in [-0.05, 0) is 24.8 Å². The molecular formula is C14H20N2O2S. The number of aliphatic hydroxyl groups is 1. The average molecular weight is 280 g/mol. The summed E-state index contributed by atoms with van der Waals surface area (Å²) in [5.41, 5.74) is 0. The van der Waals surface area contributed by atoms with Gasteiger partial charge >= 0.3 is 6.03 Å². The quantitative estimate of drug-likeness (QED) is 0.722. The Balaban J connectivity index is 1.71. The van der Waals surface area contributed by atoms with Gasteiger partial charge in [-0.15, -0.1) is 11.3 Å². The molecule has 1 aromatic rings. The van der Waals surface area contributed by atoms with Crippen LogP contribution in [0.25, 0.3) is 0 Å². The highest BCUT2D eigenvalue weighted by Gasteiger charge is 2.20. The molecule has 0 aromatic carbocycles. The van der Waals surface area contributed by atoms with Crippen LogP contribution in [0.4, 0.5) is 4.79 Å². The lowest BCUT2D eigenvalue weighted by atomic mass is 10.1. The number of nitrogens with one attached hydrogen (secondary N) is 2. The van der Waals surface area contributed by atoms with Gasteiger partial charge in [0.2, 0.25) is 0 Å². The largest absolute Gasteiger partial charge is 0.396 e. The lowest BCUT2D eigenvalue weighted by Crippen LogP contribution is -2.45. The summed E-state index contributed by atoms with van der Waals surface area (Å²) < 4.78 is 0. The Morgan fingerprint density at radius 1 is 1.58 bits per heavy atom. The molecule has 2 amide bonds. The summed E-state index contributed by atoms with van der Waals surface area (Å²) in [7, 11) is 0. The monoisotopic (exact) mass is 280 g/mol. The molecule has 0 fully saturated rings. The Labute approximate surface area is 117 Å². The van der Waals surface area contributed by atoms with Crippen molar-refractivity contribution >= 4 is 17.4 Å². The molecule has 4 nitrogen and oxygen atoms in total.